The highest BCUT2D eigenvalue weighted by Crippen LogP contribution is 2.52. The van der Waals surface area contributed by atoms with Gasteiger partial charge < -0.3 is 9.80 Å². The molecule has 356 valence electrons. The van der Waals surface area contributed by atoms with Gasteiger partial charge in [-0.25, -0.2) is 0 Å². The first-order valence-corrected chi connectivity index (χ1v) is 26.4. The van der Waals surface area contributed by atoms with E-state index in [-0.39, 0.29) is 5.41 Å². The van der Waals surface area contributed by atoms with Gasteiger partial charge in [-0.2, -0.15) is 0 Å². The molecule has 2 heteroatoms. The van der Waals surface area contributed by atoms with Gasteiger partial charge in [-0.3, -0.25) is 0 Å². The van der Waals surface area contributed by atoms with Crippen molar-refractivity contribution < 1.29 is 0 Å². The molecule has 2 aliphatic carbocycles. The predicted octanol–water partition coefficient (Wildman–Crippen LogP) is 20.5. The number of para-hydroxylation sites is 2. The summed E-state index contributed by atoms with van der Waals surface area (Å²) in [6, 6.07) is 94.3. The maximum Gasteiger partial charge on any atom is 0.0468 e. The molecule has 0 radical (unpaired) electrons. The van der Waals surface area contributed by atoms with Gasteiger partial charge in [-0.1, -0.05) is 202 Å². The van der Waals surface area contributed by atoms with Crippen molar-refractivity contribution in [3.8, 4) is 22.3 Å². The van der Waals surface area contributed by atoms with Gasteiger partial charge in [0.25, 0.3) is 0 Å². The summed E-state index contributed by atoms with van der Waals surface area (Å²) in [4.78, 5) is 4.85. The van der Waals surface area contributed by atoms with Crippen LogP contribution in [0.15, 0.2) is 267 Å². The molecule has 12 aromatic rings. The summed E-state index contributed by atoms with van der Waals surface area (Å²) >= 11 is 0. The Morgan fingerprint density at radius 3 is 1.43 bits per heavy atom. The molecule has 0 spiro atoms. The third-order valence-electron chi connectivity index (χ3n) is 16.0. The van der Waals surface area contributed by atoms with Crippen molar-refractivity contribution in [2.24, 2.45) is 0 Å². The van der Waals surface area contributed by atoms with Crippen LogP contribution in [-0.4, -0.2) is 0 Å². The minimum absolute atomic E-state index is 0.0896. The summed E-state index contributed by atoms with van der Waals surface area (Å²) in [5.74, 6) is 0. The number of nitrogens with zero attached hydrogens (tertiary/aromatic N) is 2. The molecule has 0 saturated heterocycles. The Morgan fingerprint density at radius 1 is 0.333 bits per heavy atom. The van der Waals surface area contributed by atoms with Gasteiger partial charge in [0.2, 0.25) is 0 Å². The van der Waals surface area contributed by atoms with Gasteiger partial charge in [0.05, 0.1) is 0 Å². The van der Waals surface area contributed by atoms with Crippen LogP contribution in [0.1, 0.15) is 48.9 Å². The Balaban J connectivity index is 1.03. The molecule has 0 aliphatic heterocycles. The maximum atomic E-state index is 2.51. The minimum atomic E-state index is -0.0896. The third kappa shape index (κ3) is 7.64. The monoisotopic (exact) mass is 958 g/mol. The molecule has 0 amide bonds. The van der Waals surface area contributed by atoms with Crippen LogP contribution in [-0.2, 0) is 5.41 Å². The number of hydrogen-bond donors (Lipinski definition) is 0. The van der Waals surface area contributed by atoms with Crippen molar-refractivity contribution >= 4 is 88.4 Å². The van der Waals surface area contributed by atoms with E-state index in [0.717, 1.165) is 47.0 Å². The van der Waals surface area contributed by atoms with Crippen LogP contribution in [0.25, 0.3) is 76.5 Å². The fraction of sp³-hybridized carbons (Fsp3) is 0.0685. The summed E-state index contributed by atoms with van der Waals surface area (Å²) in [6.07, 6.45) is 6.85. The summed E-state index contributed by atoms with van der Waals surface area (Å²) in [5, 5.41) is 9.80. The van der Waals surface area contributed by atoms with Crippen molar-refractivity contribution in [1.82, 2.24) is 0 Å². The lowest BCUT2D eigenvalue weighted by molar-refractivity contribution is 0.660. The maximum absolute atomic E-state index is 2.51. The van der Waals surface area contributed by atoms with E-state index < -0.39 is 0 Å². The molecule has 14 rings (SSSR count). The van der Waals surface area contributed by atoms with Crippen molar-refractivity contribution in [3.63, 3.8) is 0 Å². The molecule has 2 nitrogen and oxygen atoms in total. The standard InChI is InChI=1S/C73H54N2/c1-73(2)69-32-17-16-31-63(69)64-40-35-55(46-70(64)73)52-25-18-26-56(43-52)72-66-42-39-61(74(57-27-8-4-9-28-57)59-36-33-49-19-12-14-23-53(49)44-59)47-67(66)71(51-21-6-3-7-22-51)65-41-38-62(48-68(65)72)75(58-29-10-5-11-30-58)60-37-34-50-20-13-15-24-54(50)45-60/h3-17,19-25,27-48H,18,26H2,1-2H3. The molecule has 0 unspecified atom stereocenters. The number of hydrogen-bond acceptors (Lipinski definition) is 2. The fourth-order valence-electron chi connectivity index (χ4n) is 12.4. The lowest BCUT2D eigenvalue weighted by atomic mass is 9.80. The number of rotatable bonds is 9. The lowest BCUT2D eigenvalue weighted by Crippen LogP contribution is -2.15. The average molecular weight is 959 g/mol. The van der Waals surface area contributed by atoms with Crippen molar-refractivity contribution in [2.75, 3.05) is 9.80 Å². The highest BCUT2D eigenvalue weighted by molar-refractivity contribution is 6.21. The van der Waals surface area contributed by atoms with Crippen LogP contribution < -0.4 is 9.80 Å². The van der Waals surface area contributed by atoms with Gasteiger partial charge >= 0.3 is 0 Å². The largest absolute Gasteiger partial charge is 0.310 e. The Labute approximate surface area is 439 Å². The number of allylic oxidation sites excluding steroid dienone is 4. The van der Waals surface area contributed by atoms with Crippen LogP contribution in [0, 0.1) is 0 Å². The van der Waals surface area contributed by atoms with E-state index in [2.05, 4.69) is 291 Å². The minimum Gasteiger partial charge on any atom is -0.310 e. The second-order valence-corrected chi connectivity index (χ2v) is 20.8. The average Bonchev–Trinajstić information content (AvgIpc) is 3.72. The molecule has 0 heterocycles. The van der Waals surface area contributed by atoms with Crippen molar-refractivity contribution in [3.05, 3.63) is 289 Å². The molecule has 12 aromatic carbocycles. The van der Waals surface area contributed by atoms with Gasteiger partial charge in [-0.05, 0) is 190 Å². The Morgan fingerprint density at radius 2 is 0.813 bits per heavy atom. The molecule has 75 heavy (non-hydrogen) atoms. The topological polar surface area (TPSA) is 6.48 Å². The Bertz CT molecular complexity index is 4260. The second kappa shape index (κ2) is 18.1. The van der Waals surface area contributed by atoms with Crippen LogP contribution in [0.3, 0.4) is 0 Å². The van der Waals surface area contributed by atoms with E-state index in [1.807, 2.05) is 0 Å². The molecule has 0 bridgehead atoms. The van der Waals surface area contributed by atoms with E-state index in [4.69, 9.17) is 0 Å². The summed E-state index contributed by atoms with van der Waals surface area (Å²) < 4.78 is 0. The first-order valence-electron chi connectivity index (χ1n) is 26.4. The highest BCUT2D eigenvalue weighted by atomic mass is 15.1. The predicted molar refractivity (Wildman–Crippen MR) is 320 cm³/mol. The van der Waals surface area contributed by atoms with Crippen LogP contribution in [0.2, 0.25) is 0 Å². The van der Waals surface area contributed by atoms with Gasteiger partial charge in [0, 0.05) is 39.5 Å². The highest BCUT2D eigenvalue weighted by Gasteiger charge is 2.35. The van der Waals surface area contributed by atoms with Gasteiger partial charge in [0.1, 0.15) is 0 Å². The summed E-state index contributed by atoms with van der Waals surface area (Å²) in [5.41, 5.74) is 19.7. The first-order chi connectivity index (χ1) is 36.9. The van der Waals surface area contributed by atoms with Gasteiger partial charge in [0.15, 0.2) is 0 Å². The molecule has 0 atom stereocenters. The molecule has 2 aliphatic rings. The zero-order valence-electron chi connectivity index (χ0n) is 42.2. The van der Waals surface area contributed by atoms with E-state index in [0.29, 0.717) is 0 Å². The Kier molecular flexibility index (Phi) is 10.7. The lowest BCUT2D eigenvalue weighted by Gasteiger charge is -2.29. The quantitative estimate of drug-likeness (QED) is 0.133. The van der Waals surface area contributed by atoms with Crippen LogP contribution in [0.4, 0.5) is 34.1 Å². The van der Waals surface area contributed by atoms with Gasteiger partial charge in [-0.15, -0.1) is 0 Å². The number of fused-ring (bicyclic) bond motifs is 7. The first kappa shape index (κ1) is 44.5. The normalized spacial score (nSPS) is 13.6. The second-order valence-electron chi connectivity index (χ2n) is 20.8. The molecule has 0 saturated carbocycles. The van der Waals surface area contributed by atoms with Crippen molar-refractivity contribution in [1.29, 1.82) is 0 Å². The van der Waals surface area contributed by atoms with E-state index in [1.54, 1.807) is 0 Å². The van der Waals surface area contributed by atoms with E-state index in [9.17, 15) is 0 Å². The summed E-state index contributed by atoms with van der Waals surface area (Å²) in [7, 11) is 0. The molecule has 0 N–H and O–H groups in total. The fourth-order valence-corrected chi connectivity index (χ4v) is 12.4. The number of benzene rings is 12. The zero-order chi connectivity index (χ0) is 50.0. The molecule has 0 fully saturated rings. The zero-order valence-corrected chi connectivity index (χ0v) is 42.2. The van der Waals surface area contributed by atoms with E-state index >= 15 is 0 Å². The SMILES string of the molecule is CC1(C)c2ccccc2-c2ccc(C3=CCCC(c4c5cc(N(c6ccccc6)c6ccc7ccccc7c6)ccc5c(-c5ccccc5)c5cc(N(c6ccccc6)c6ccc7ccccc7c6)ccc45)=C3)cc21. The molecule has 0 aromatic heterocycles. The Hall–Kier alpha value is -9.24. The third-order valence-corrected chi connectivity index (χ3v) is 16.0. The molecular weight excluding hydrogens is 905 g/mol. The number of anilines is 6. The van der Waals surface area contributed by atoms with E-state index in [1.165, 1.54) is 98.7 Å². The smallest absolute Gasteiger partial charge is 0.0468 e. The van der Waals surface area contributed by atoms with Crippen LogP contribution >= 0.6 is 0 Å². The van der Waals surface area contributed by atoms with Crippen molar-refractivity contribution in [2.45, 2.75) is 32.1 Å². The summed E-state index contributed by atoms with van der Waals surface area (Å²) in [6.45, 7) is 4.76. The van der Waals surface area contributed by atoms with Crippen LogP contribution in [0.5, 0.6) is 0 Å². The molecular formula is C73H54N2.